The van der Waals surface area contributed by atoms with Crippen LogP contribution in [-0.2, 0) is 22.7 Å². The summed E-state index contributed by atoms with van der Waals surface area (Å²) in [5, 5.41) is 5.19. The molecular formula is C39H33OOsPS2+. The zero-order chi connectivity index (χ0) is 30.4. The fourth-order valence-corrected chi connectivity index (χ4v) is 13.8. The van der Waals surface area contributed by atoms with Gasteiger partial charge in [0.25, 0.3) is 0 Å². The van der Waals surface area contributed by atoms with Crippen molar-refractivity contribution in [2.75, 3.05) is 13.2 Å². The van der Waals surface area contributed by atoms with E-state index in [1.54, 1.807) is 0 Å². The number of hydrogen-bond acceptors (Lipinski definition) is 3. The van der Waals surface area contributed by atoms with E-state index < -0.39 is 7.26 Å². The molecule has 0 bridgehead atoms. The Morgan fingerprint density at radius 2 is 1.23 bits per heavy atom. The van der Waals surface area contributed by atoms with Crippen LogP contribution in [0.4, 0.5) is 0 Å². The van der Waals surface area contributed by atoms with Gasteiger partial charge in [-0.05, 0) is 6.92 Å². The monoisotopic (exact) mass is 804 g/mol. The molecule has 44 heavy (non-hydrogen) atoms. The molecule has 0 N–H and O–H groups in total. The predicted octanol–water partition coefficient (Wildman–Crippen LogP) is 9.67. The van der Waals surface area contributed by atoms with E-state index in [9.17, 15) is 0 Å². The molecule has 1 fully saturated rings. The predicted molar refractivity (Wildman–Crippen MR) is 192 cm³/mol. The van der Waals surface area contributed by atoms with Crippen LogP contribution in [-0.4, -0.2) is 13.2 Å². The van der Waals surface area contributed by atoms with Gasteiger partial charge in [-0.1, -0.05) is 0 Å². The van der Waals surface area contributed by atoms with E-state index in [2.05, 4.69) is 158 Å². The SMILES string of the molecule is CC=C1COCC1=CC(/C=C/c1cc2sc(/C=C/C)cc2s1)=C([C]#[Os])[P+](c1ccccc1)(c1ccccc1)c1ccccc1. The second kappa shape index (κ2) is 14.3. The number of benzene rings is 3. The van der Waals surface area contributed by atoms with Crippen LogP contribution < -0.4 is 15.9 Å². The third-order valence-corrected chi connectivity index (χ3v) is 15.4. The number of hydrogen-bond donors (Lipinski definition) is 0. The van der Waals surface area contributed by atoms with Crippen molar-refractivity contribution >= 4 is 67.4 Å². The van der Waals surface area contributed by atoms with Crippen molar-refractivity contribution in [3.63, 3.8) is 0 Å². The summed E-state index contributed by atoms with van der Waals surface area (Å²) >= 11 is 5.52. The van der Waals surface area contributed by atoms with Gasteiger partial charge in [-0.2, -0.15) is 0 Å². The van der Waals surface area contributed by atoms with Gasteiger partial charge in [0.1, 0.15) is 0 Å². The average molecular weight is 803 g/mol. The average Bonchev–Trinajstić information content (AvgIpc) is 3.78. The van der Waals surface area contributed by atoms with E-state index in [0.29, 0.717) is 13.2 Å². The first-order valence-corrected chi connectivity index (χ1v) is 19.3. The van der Waals surface area contributed by atoms with Gasteiger partial charge >= 0.3 is 274 Å². The third-order valence-electron chi connectivity index (χ3n) is 7.73. The van der Waals surface area contributed by atoms with Crippen molar-refractivity contribution in [2.24, 2.45) is 0 Å². The molecular weight excluding hydrogens is 770 g/mol. The molecule has 1 nitrogen and oxygen atoms in total. The van der Waals surface area contributed by atoms with Gasteiger partial charge in [0.2, 0.25) is 0 Å². The van der Waals surface area contributed by atoms with Crippen molar-refractivity contribution in [3.8, 4) is 4.37 Å². The molecule has 1 aliphatic heterocycles. The van der Waals surface area contributed by atoms with Crippen LogP contribution in [0.15, 0.2) is 149 Å². The summed E-state index contributed by atoms with van der Waals surface area (Å²) in [7, 11) is -2.34. The standard InChI is InChI=1S/C39H33OPS2.Os/c1-4-15-36-25-38-39(42-36)26-37(43-38)23-22-31(24-32-28-40-27-30(32)5-2)29(3)41(33-16-9-6-10-17-33,34-18-11-7-12-19-34)35-20-13-8-14-21-35;/h4-26H,27-28H2,1-2H3;/q+1;/b15-4+,23-22+,30-5?,31-29?,32-24?;. The topological polar surface area (TPSA) is 9.23 Å². The number of ether oxygens (including phenoxy) is 1. The molecule has 0 spiro atoms. The van der Waals surface area contributed by atoms with Crippen molar-refractivity contribution in [2.45, 2.75) is 13.8 Å². The van der Waals surface area contributed by atoms with Crippen molar-refractivity contribution in [3.05, 3.63) is 159 Å². The first-order chi connectivity index (χ1) is 21.7. The van der Waals surface area contributed by atoms with Crippen molar-refractivity contribution < 1.29 is 22.7 Å². The number of thiophene rings is 2. The molecule has 0 atom stereocenters. The molecule has 0 saturated carbocycles. The van der Waals surface area contributed by atoms with Crippen molar-refractivity contribution in [1.82, 2.24) is 0 Å². The Hall–Kier alpha value is -3.17. The van der Waals surface area contributed by atoms with Crippen LogP contribution in [0.1, 0.15) is 23.6 Å². The van der Waals surface area contributed by atoms with Crippen LogP contribution in [0.5, 0.6) is 0 Å². The summed E-state index contributed by atoms with van der Waals surface area (Å²) < 4.78 is 12.4. The fourth-order valence-electron chi connectivity index (χ4n) is 5.71. The van der Waals surface area contributed by atoms with Gasteiger partial charge in [0, 0.05) is 0 Å². The van der Waals surface area contributed by atoms with Gasteiger partial charge < -0.3 is 0 Å². The van der Waals surface area contributed by atoms with Gasteiger partial charge in [-0.3, -0.25) is 0 Å². The first kappa shape index (κ1) is 30.8. The van der Waals surface area contributed by atoms with Gasteiger partial charge in [-0.25, -0.2) is 0 Å². The molecule has 0 radical (unpaired) electrons. The fraction of sp³-hybridized carbons (Fsp3) is 0.103. The Bertz CT molecular complexity index is 1820. The van der Waals surface area contributed by atoms with E-state index in [0.717, 1.165) is 0 Å². The summed E-state index contributed by atoms with van der Waals surface area (Å²) in [4.78, 5) is 2.56. The summed E-state index contributed by atoms with van der Waals surface area (Å²) in [6, 6.07) is 37.8. The molecule has 1 saturated heterocycles. The summed E-state index contributed by atoms with van der Waals surface area (Å²) in [5.41, 5.74) is 3.67. The minimum atomic E-state index is -2.34. The van der Waals surface area contributed by atoms with E-state index in [1.165, 1.54) is 57.1 Å². The second-order valence-electron chi connectivity index (χ2n) is 10.4. The number of rotatable bonds is 8. The van der Waals surface area contributed by atoms with E-state index in [1.807, 2.05) is 40.6 Å². The second-order valence-corrected chi connectivity index (χ2v) is 16.6. The van der Waals surface area contributed by atoms with Crippen LogP contribution >= 0.6 is 29.9 Å². The molecule has 1 aliphatic rings. The Balaban J connectivity index is 1.64. The number of fused-ring (bicyclic) bond motifs is 1. The van der Waals surface area contributed by atoms with Crippen LogP contribution in [0.3, 0.4) is 0 Å². The number of allylic oxidation sites excluding steroid dienone is 6. The molecule has 219 valence electrons. The molecule has 5 aromatic rings. The minimum absolute atomic E-state index is 0.617. The van der Waals surface area contributed by atoms with Crippen LogP contribution in [0.2, 0.25) is 0 Å². The summed E-state index contributed by atoms with van der Waals surface area (Å²) in [6.07, 6.45) is 13.4. The Kier molecular flexibility index (Phi) is 10.0. The molecule has 5 heteroatoms. The van der Waals surface area contributed by atoms with Gasteiger partial charge in [-0.15, -0.1) is 0 Å². The van der Waals surface area contributed by atoms with Gasteiger partial charge in [0.05, 0.1) is 0 Å². The van der Waals surface area contributed by atoms with Crippen LogP contribution in [0, 0.1) is 4.37 Å². The van der Waals surface area contributed by atoms with E-state index in [4.69, 9.17) is 4.74 Å². The summed E-state index contributed by atoms with van der Waals surface area (Å²) in [6.45, 7) is 5.45. The quantitative estimate of drug-likeness (QED) is 0.112. The van der Waals surface area contributed by atoms with Gasteiger partial charge in [0.15, 0.2) is 0 Å². The molecule has 2 aromatic heterocycles. The molecule has 3 heterocycles. The van der Waals surface area contributed by atoms with E-state index in [-0.39, 0.29) is 0 Å². The maximum atomic E-state index is 5.94. The zero-order valence-corrected chi connectivity index (χ0v) is 29.8. The van der Waals surface area contributed by atoms with Crippen molar-refractivity contribution in [1.29, 1.82) is 0 Å². The Morgan fingerprint density at radius 1 is 0.727 bits per heavy atom. The third kappa shape index (κ3) is 6.18. The molecule has 0 unspecified atom stereocenters. The zero-order valence-electron chi connectivity index (χ0n) is 24.7. The normalized spacial score (nSPS) is 16.4. The molecule has 0 aliphatic carbocycles. The first-order valence-electron chi connectivity index (χ1n) is 14.6. The Morgan fingerprint density at radius 3 is 1.70 bits per heavy atom. The Labute approximate surface area is 279 Å². The van der Waals surface area contributed by atoms with Crippen LogP contribution in [0.25, 0.3) is 21.6 Å². The molecule has 6 rings (SSSR count). The molecule has 0 amide bonds. The summed E-state index contributed by atoms with van der Waals surface area (Å²) in [5.74, 6) is 0. The van der Waals surface area contributed by atoms with E-state index >= 15 is 0 Å². The maximum absolute atomic E-state index is 5.94. The molecule has 3 aromatic carbocycles.